The Balaban J connectivity index is 1.34. The molecule has 150 valence electrons. The summed E-state index contributed by atoms with van der Waals surface area (Å²) in [6.45, 7) is 0. The van der Waals surface area contributed by atoms with E-state index in [1.807, 2.05) is 34.8 Å². The van der Waals surface area contributed by atoms with Gasteiger partial charge in [0.2, 0.25) is 0 Å². The van der Waals surface area contributed by atoms with Gasteiger partial charge in [0.15, 0.2) is 0 Å². The van der Waals surface area contributed by atoms with Crippen LogP contribution in [0, 0.1) is 5.92 Å². The Hall–Kier alpha value is -2.97. The third-order valence-corrected chi connectivity index (χ3v) is 6.26. The molecule has 0 amide bonds. The van der Waals surface area contributed by atoms with Crippen molar-refractivity contribution in [3.05, 3.63) is 48.7 Å². The molecule has 1 aromatic carbocycles. The number of imidazole rings is 1. The molecular formula is C21H24N6O2. The Labute approximate surface area is 167 Å². The molecule has 0 unspecified atom stereocenters. The molecule has 0 bridgehead atoms. The minimum Gasteiger partial charge on any atom is -0.390 e. The van der Waals surface area contributed by atoms with E-state index in [-0.39, 0.29) is 12.0 Å². The molecule has 1 aliphatic carbocycles. The Morgan fingerprint density at radius 1 is 1.14 bits per heavy atom. The van der Waals surface area contributed by atoms with E-state index >= 15 is 0 Å². The predicted molar refractivity (Wildman–Crippen MR) is 110 cm³/mol. The van der Waals surface area contributed by atoms with Gasteiger partial charge in [-0.3, -0.25) is 0 Å². The summed E-state index contributed by atoms with van der Waals surface area (Å²) in [5.41, 5.74) is 9.89. The molecular weight excluding hydrogens is 368 g/mol. The van der Waals surface area contributed by atoms with Crippen molar-refractivity contribution in [2.75, 3.05) is 5.73 Å². The smallest absolute Gasteiger partial charge is 0.145 e. The number of aliphatic hydroxyl groups is 2. The van der Waals surface area contributed by atoms with Gasteiger partial charge in [0, 0.05) is 13.2 Å². The Bertz CT molecular complexity index is 1180. The molecule has 4 aromatic rings. The van der Waals surface area contributed by atoms with E-state index in [4.69, 9.17) is 5.73 Å². The zero-order valence-corrected chi connectivity index (χ0v) is 16.2. The Morgan fingerprint density at radius 3 is 2.86 bits per heavy atom. The highest BCUT2D eigenvalue weighted by atomic mass is 16.3. The van der Waals surface area contributed by atoms with Crippen molar-refractivity contribution in [1.82, 2.24) is 24.1 Å². The summed E-state index contributed by atoms with van der Waals surface area (Å²) in [5, 5.41) is 22.1. The van der Waals surface area contributed by atoms with Crippen LogP contribution in [0.25, 0.3) is 22.1 Å². The molecule has 29 heavy (non-hydrogen) atoms. The summed E-state index contributed by atoms with van der Waals surface area (Å²) in [6, 6.07) is 7.91. The molecule has 0 aliphatic heterocycles. The fraction of sp³-hybridized carbons (Fsp3) is 0.381. The molecule has 4 atom stereocenters. The highest BCUT2D eigenvalue weighted by Crippen LogP contribution is 2.39. The van der Waals surface area contributed by atoms with E-state index in [1.54, 1.807) is 0 Å². The molecule has 3 heterocycles. The number of rotatable bonds is 4. The van der Waals surface area contributed by atoms with Gasteiger partial charge in [0.1, 0.15) is 23.9 Å². The van der Waals surface area contributed by atoms with Crippen molar-refractivity contribution in [3.8, 4) is 0 Å². The van der Waals surface area contributed by atoms with Crippen LogP contribution in [0.15, 0.2) is 43.1 Å². The molecule has 1 fully saturated rings. The molecule has 1 saturated carbocycles. The van der Waals surface area contributed by atoms with Gasteiger partial charge in [0.05, 0.1) is 34.9 Å². The van der Waals surface area contributed by atoms with Gasteiger partial charge in [0.25, 0.3) is 0 Å². The number of aryl methyl sites for hydroxylation is 2. The average molecular weight is 392 g/mol. The van der Waals surface area contributed by atoms with Crippen molar-refractivity contribution in [2.24, 2.45) is 13.0 Å². The number of benzene rings is 1. The van der Waals surface area contributed by atoms with Crippen molar-refractivity contribution < 1.29 is 10.2 Å². The first-order valence-electron chi connectivity index (χ1n) is 9.86. The monoisotopic (exact) mass is 392 g/mol. The third kappa shape index (κ3) is 2.95. The van der Waals surface area contributed by atoms with Crippen molar-refractivity contribution in [1.29, 1.82) is 0 Å². The number of fused-ring (bicyclic) bond motifs is 2. The number of anilines is 1. The van der Waals surface area contributed by atoms with Crippen LogP contribution in [0.1, 0.15) is 24.4 Å². The largest absolute Gasteiger partial charge is 0.390 e. The zero-order valence-electron chi connectivity index (χ0n) is 16.2. The van der Waals surface area contributed by atoms with E-state index in [2.05, 4.69) is 33.2 Å². The van der Waals surface area contributed by atoms with Crippen LogP contribution < -0.4 is 5.73 Å². The second kappa shape index (κ2) is 6.82. The fourth-order valence-corrected chi connectivity index (χ4v) is 4.61. The minimum atomic E-state index is -0.843. The Morgan fingerprint density at radius 2 is 2.00 bits per heavy atom. The van der Waals surface area contributed by atoms with Gasteiger partial charge in [-0.2, -0.15) is 0 Å². The summed E-state index contributed by atoms with van der Waals surface area (Å²) < 4.78 is 3.92. The van der Waals surface area contributed by atoms with Crippen molar-refractivity contribution in [3.63, 3.8) is 0 Å². The molecule has 0 spiro atoms. The van der Waals surface area contributed by atoms with E-state index in [1.165, 1.54) is 11.9 Å². The summed E-state index contributed by atoms with van der Waals surface area (Å²) in [7, 11) is 1.98. The molecule has 1 aliphatic rings. The van der Waals surface area contributed by atoms with Crippen molar-refractivity contribution in [2.45, 2.75) is 37.5 Å². The molecule has 3 aromatic heterocycles. The number of nitrogen functional groups attached to an aromatic ring is 1. The van der Waals surface area contributed by atoms with Crippen LogP contribution in [-0.4, -0.2) is 46.5 Å². The Kier molecular flexibility index (Phi) is 4.25. The number of nitrogens with two attached hydrogens (primary N) is 1. The summed E-state index contributed by atoms with van der Waals surface area (Å²) in [4.78, 5) is 12.8. The lowest BCUT2D eigenvalue weighted by Crippen LogP contribution is -2.29. The predicted octanol–water partition coefficient (Wildman–Crippen LogP) is 1.82. The molecule has 8 heteroatoms. The van der Waals surface area contributed by atoms with Crippen LogP contribution in [0.2, 0.25) is 0 Å². The molecule has 0 saturated heterocycles. The van der Waals surface area contributed by atoms with Crippen LogP contribution in [0.5, 0.6) is 0 Å². The first-order chi connectivity index (χ1) is 14.0. The van der Waals surface area contributed by atoms with Crippen LogP contribution in [0.3, 0.4) is 0 Å². The third-order valence-electron chi connectivity index (χ3n) is 6.26. The van der Waals surface area contributed by atoms with Gasteiger partial charge in [-0.1, -0.05) is 6.07 Å². The normalized spacial score (nSPS) is 24.7. The SMILES string of the molecule is Cn1cnc2cc(CC[C@H]3C[C@@H](n4ccc5c(N)ncnc54)[C@H](O)[C@@H]3O)ccc21. The maximum absolute atomic E-state index is 10.7. The van der Waals surface area contributed by atoms with E-state index in [0.29, 0.717) is 17.9 Å². The molecule has 4 N–H and O–H groups in total. The first kappa shape index (κ1) is 18.1. The number of aromatic nitrogens is 5. The van der Waals surface area contributed by atoms with Crippen LogP contribution in [0.4, 0.5) is 5.82 Å². The number of aliphatic hydroxyl groups excluding tert-OH is 2. The quantitative estimate of drug-likeness (QED) is 0.488. The standard InChI is InChI=1S/C21H24N6O2/c1-26-11-25-15-8-12(3-5-16(15)26)2-4-13-9-17(19(29)18(13)28)27-7-6-14-20(22)23-10-24-21(14)27/h3,5-8,10-11,13,17-19,28-29H,2,4,9H2,1H3,(H2,22,23,24)/t13-,17+,18+,19-/m0/s1. The van der Waals surface area contributed by atoms with Crippen LogP contribution >= 0.6 is 0 Å². The fourth-order valence-electron chi connectivity index (χ4n) is 4.61. The maximum Gasteiger partial charge on any atom is 0.145 e. The van der Waals surface area contributed by atoms with Gasteiger partial charge < -0.3 is 25.1 Å². The lowest BCUT2D eigenvalue weighted by Gasteiger charge is -2.19. The highest BCUT2D eigenvalue weighted by Gasteiger charge is 2.42. The number of hydrogen-bond acceptors (Lipinski definition) is 6. The summed E-state index contributed by atoms with van der Waals surface area (Å²) in [5.74, 6) is 0.425. The van der Waals surface area contributed by atoms with E-state index in [0.717, 1.165) is 29.3 Å². The van der Waals surface area contributed by atoms with Gasteiger partial charge in [-0.25, -0.2) is 15.0 Å². The number of hydrogen-bond donors (Lipinski definition) is 3. The van der Waals surface area contributed by atoms with Gasteiger partial charge >= 0.3 is 0 Å². The lowest BCUT2D eigenvalue weighted by atomic mass is 9.96. The second-order valence-electron chi connectivity index (χ2n) is 7.98. The average Bonchev–Trinajstić information content (AvgIpc) is 3.39. The van der Waals surface area contributed by atoms with Gasteiger partial charge in [-0.05, 0) is 48.9 Å². The summed E-state index contributed by atoms with van der Waals surface area (Å²) in [6.07, 6.45) is 5.80. The topological polar surface area (TPSA) is 115 Å². The molecule has 5 rings (SSSR count). The zero-order chi connectivity index (χ0) is 20.1. The highest BCUT2D eigenvalue weighted by molar-refractivity contribution is 5.86. The summed E-state index contributed by atoms with van der Waals surface area (Å²) >= 11 is 0. The van der Waals surface area contributed by atoms with Crippen LogP contribution in [-0.2, 0) is 13.5 Å². The maximum atomic E-state index is 10.7. The molecule has 8 nitrogen and oxygen atoms in total. The van der Waals surface area contributed by atoms with E-state index in [9.17, 15) is 10.2 Å². The van der Waals surface area contributed by atoms with Crippen molar-refractivity contribution >= 4 is 27.9 Å². The lowest BCUT2D eigenvalue weighted by molar-refractivity contribution is 0.00545. The molecule has 0 radical (unpaired) electrons. The van der Waals surface area contributed by atoms with Gasteiger partial charge in [-0.15, -0.1) is 0 Å². The second-order valence-corrected chi connectivity index (χ2v) is 7.98. The van der Waals surface area contributed by atoms with E-state index < -0.39 is 12.2 Å². The number of nitrogens with zero attached hydrogens (tertiary/aromatic N) is 5. The first-order valence-corrected chi connectivity index (χ1v) is 9.86. The minimum absolute atomic E-state index is 0.00561.